The van der Waals surface area contributed by atoms with Crippen molar-refractivity contribution in [2.45, 2.75) is 38.3 Å². The number of carboxylic acids is 1. The molecule has 0 saturated heterocycles. The minimum Gasteiger partial charge on any atom is -0.480 e. The number of hydrogen-bond donors (Lipinski definition) is 3. The van der Waals surface area contributed by atoms with Gasteiger partial charge in [0, 0.05) is 6.54 Å². The summed E-state index contributed by atoms with van der Waals surface area (Å²) in [7, 11) is 0. The molecule has 1 amide bonds. The van der Waals surface area contributed by atoms with Crippen molar-refractivity contribution < 1.29 is 14.7 Å². The third-order valence-electron chi connectivity index (χ3n) is 3.81. The molecule has 108 valence electrons. The Bertz CT molecular complexity index is 492. The van der Waals surface area contributed by atoms with Gasteiger partial charge in [-0.15, -0.1) is 0 Å². The van der Waals surface area contributed by atoms with Gasteiger partial charge in [0.15, 0.2) is 0 Å². The molecule has 20 heavy (non-hydrogen) atoms. The SMILES string of the molecule is Cc1ccc(CNC(=O)CNC2(C(=O)O)CCC2)cc1. The first kappa shape index (κ1) is 14.5. The molecular formula is C15H20N2O3. The van der Waals surface area contributed by atoms with Gasteiger partial charge in [-0.3, -0.25) is 14.9 Å². The second kappa shape index (κ2) is 6.05. The lowest BCUT2D eigenvalue weighted by Crippen LogP contribution is -2.59. The van der Waals surface area contributed by atoms with Crippen LogP contribution in [-0.2, 0) is 16.1 Å². The first-order valence-electron chi connectivity index (χ1n) is 6.82. The Morgan fingerprint density at radius 3 is 2.40 bits per heavy atom. The molecular weight excluding hydrogens is 256 g/mol. The number of carboxylic acid groups (broad SMARTS) is 1. The lowest BCUT2D eigenvalue weighted by molar-refractivity contribution is -0.149. The van der Waals surface area contributed by atoms with Gasteiger partial charge >= 0.3 is 5.97 Å². The van der Waals surface area contributed by atoms with E-state index in [0.29, 0.717) is 19.4 Å². The lowest BCUT2D eigenvalue weighted by atomic mass is 9.77. The minimum absolute atomic E-state index is 0.0398. The van der Waals surface area contributed by atoms with Gasteiger partial charge in [-0.05, 0) is 31.7 Å². The van der Waals surface area contributed by atoms with Gasteiger partial charge in [0.05, 0.1) is 6.54 Å². The molecule has 1 aliphatic rings. The summed E-state index contributed by atoms with van der Waals surface area (Å²) in [5.41, 5.74) is 1.32. The molecule has 0 atom stereocenters. The summed E-state index contributed by atoms with van der Waals surface area (Å²) < 4.78 is 0. The standard InChI is InChI=1S/C15H20N2O3/c1-11-3-5-12(6-4-11)9-16-13(18)10-17-15(14(19)20)7-2-8-15/h3-6,17H,2,7-10H2,1H3,(H,16,18)(H,19,20). The monoisotopic (exact) mass is 276 g/mol. The number of aryl methyl sites for hydroxylation is 1. The van der Waals surface area contributed by atoms with Crippen LogP contribution in [0.2, 0.25) is 0 Å². The van der Waals surface area contributed by atoms with Crippen LogP contribution in [0.15, 0.2) is 24.3 Å². The van der Waals surface area contributed by atoms with Gasteiger partial charge < -0.3 is 10.4 Å². The third kappa shape index (κ3) is 3.36. The fraction of sp³-hybridized carbons (Fsp3) is 0.467. The van der Waals surface area contributed by atoms with E-state index in [1.807, 2.05) is 31.2 Å². The molecule has 5 heteroatoms. The Balaban J connectivity index is 1.75. The summed E-state index contributed by atoms with van der Waals surface area (Å²) >= 11 is 0. The Hall–Kier alpha value is -1.88. The Morgan fingerprint density at radius 1 is 1.25 bits per heavy atom. The molecule has 0 aromatic heterocycles. The highest BCUT2D eigenvalue weighted by Crippen LogP contribution is 2.31. The number of amides is 1. The zero-order valence-electron chi connectivity index (χ0n) is 11.6. The molecule has 1 aromatic rings. The van der Waals surface area contributed by atoms with E-state index in [0.717, 1.165) is 12.0 Å². The van der Waals surface area contributed by atoms with Gasteiger partial charge in [0.2, 0.25) is 5.91 Å². The normalized spacial score (nSPS) is 16.2. The van der Waals surface area contributed by atoms with Crippen LogP contribution < -0.4 is 10.6 Å². The van der Waals surface area contributed by atoms with Gasteiger partial charge in [-0.1, -0.05) is 29.8 Å². The molecule has 2 rings (SSSR count). The van der Waals surface area contributed by atoms with Crippen molar-refractivity contribution in [3.63, 3.8) is 0 Å². The molecule has 0 radical (unpaired) electrons. The van der Waals surface area contributed by atoms with E-state index in [1.165, 1.54) is 5.56 Å². The molecule has 5 nitrogen and oxygen atoms in total. The molecule has 1 aromatic carbocycles. The summed E-state index contributed by atoms with van der Waals surface area (Å²) in [5, 5.41) is 14.8. The van der Waals surface area contributed by atoms with E-state index in [1.54, 1.807) is 0 Å². The van der Waals surface area contributed by atoms with E-state index in [2.05, 4.69) is 10.6 Å². The first-order valence-corrected chi connectivity index (χ1v) is 6.82. The van der Waals surface area contributed by atoms with Crippen molar-refractivity contribution in [2.24, 2.45) is 0 Å². The zero-order chi connectivity index (χ0) is 14.6. The molecule has 0 aliphatic heterocycles. The van der Waals surface area contributed by atoms with E-state index in [-0.39, 0.29) is 12.5 Å². The predicted molar refractivity (Wildman–Crippen MR) is 75.2 cm³/mol. The van der Waals surface area contributed by atoms with Gasteiger partial charge in [-0.25, -0.2) is 0 Å². The average molecular weight is 276 g/mol. The Morgan fingerprint density at radius 2 is 1.90 bits per heavy atom. The van der Waals surface area contributed by atoms with Crippen LogP contribution in [0.25, 0.3) is 0 Å². The molecule has 0 spiro atoms. The number of hydrogen-bond acceptors (Lipinski definition) is 3. The van der Waals surface area contributed by atoms with Crippen LogP contribution in [0.3, 0.4) is 0 Å². The maximum absolute atomic E-state index is 11.7. The van der Waals surface area contributed by atoms with E-state index >= 15 is 0 Å². The number of carbonyl (C=O) groups excluding carboxylic acids is 1. The van der Waals surface area contributed by atoms with Crippen molar-refractivity contribution in [3.05, 3.63) is 35.4 Å². The summed E-state index contributed by atoms with van der Waals surface area (Å²) in [5.74, 6) is -1.05. The highest BCUT2D eigenvalue weighted by molar-refractivity contribution is 5.83. The molecule has 0 unspecified atom stereocenters. The van der Waals surface area contributed by atoms with Gasteiger partial charge in [0.25, 0.3) is 0 Å². The number of aliphatic carboxylic acids is 1. The number of rotatable bonds is 6. The molecule has 3 N–H and O–H groups in total. The highest BCUT2D eigenvalue weighted by atomic mass is 16.4. The zero-order valence-corrected chi connectivity index (χ0v) is 11.6. The Labute approximate surface area is 118 Å². The second-order valence-corrected chi connectivity index (χ2v) is 5.36. The summed E-state index contributed by atoms with van der Waals surface area (Å²) in [6.45, 7) is 2.51. The number of benzene rings is 1. The summed E-state index contributed by atoms with van der Waals surface area (Å²) in [6.07, 6.45) is 2.07. The predicted octanol–water partition coefficient (Wildman–Crippen LogP) is 1.21. The highest BCUT2D eigenvalue weighted by Gasteiger charge is 2.44. The van der Waals surface area contributed by atoms with Crippen molar-refractivity contribution in [3.8, 4) is 0 Å². The van der Waals surface area contributed by atoms with Crippen molar-refractivity contribution >= 4 is 11.9 Å². The lowest BCUT2D eigenvalue weighted by Gasteiger charge is -2.38. The van der Waals surface area contributed by atoms with E-state index in [9.17, 15) is 9.59 Å². The smallest absolute Gasteiger partial charge is 0.323 e. The largest absolute Gasteiger partial charge is 0.480 e. The summed E-state index contributed by atoms with van der Waals surface area (Å²) in [4.78, 5) is 22.9. The van der Waals surface area contributed by atoms with Crippen molar-refractivity contribution in [1.82, 2.24) is 10.6 Å². The molecule has 1 saturated carbocycles. The molecule has 0 heterocycles. The average Bonchev–Trinajstić information content (AvgIpc) is 2.36. The summed E-state index contributed by atoms with van der Waals surface area (Å²) in [6, 6.07) is 7.92. The fourth-order valence-corrected chi connectivity index (χ4v) is 2.22. The van der Waals surface area contributed by atoms with Crippen LogP contribution in [0, 0.1) is 6.92 Å². The first-order chi connectivity index (χ1) is 9.52. The third-order valence-corrected chi connectivity index (χ3v) is 3.81. The van der Waals surface area contributed by atoms with Crippen molar-refractivity contribution in [1.29, 1.82) is 0 Å². The van der Waals surface area contributed by atoms with Gasteiger partial charge in [0.1, 0.15) is 5.54 Å². The second-order valence-electron chi connectivity index (χ2n) is 5.36. The molecule has 0 bridgehead atoms. The maximum atomic E-state index is 11.7. The fourth-order valence-electron chi connectivity index (χ4n) is 2.22. The molecule has 1 aliphatic carbocycles. The quantitative estimate of drug-likeness (QED) is 0.729. The minimum atomic E-state index is -0.888. The van der Waals surface area contributed by atoms with Crippen molar-refractivity contribution in [2.75, 3.05) is 6.54 Å². The van der Waals surface area contributed by atoms with Crippen LogP contribution in [-0.4, -0.2) is 29.1 Å². The van der Waals surface area contributed by atoms with Crippen LogP contribution >= 0.6 is 0 Å². The van der Waals surface area contributed by atoms with Crippen LogP contribution in [0.1, 0.15) is 30.4 Å². The van der Waals surface area contributed by atoms with Crippen LogP contribution in [0.5, 0.6) is 0 Å². The number of nitrogens with one attached hydrogen (secondary N) is 2. The maximum Gasteiger partial charge on any atom is 0.323 e. The topological polar surface area (TPSA) is 78.4 Å². The Kier molecular flexibility index (Phi) is 4.39. The van der Waals surface area contributed by atoms with Gasteiger partial charge in [-0.2, -0.15) is 0 Å². The van der Waals surface area contributed by atoms with Crippen LogP contribution in [0.4, 0.5) is 0 Å². The van der Waals surface area contributed by atoms with E-state index < -0.39 is 11.5 Å². The van der Waals surface area contributed by atoms with E-state index in [4.69, 9.17) is 5.11 Å². The molecule has 1 fully saturated rings. The number of carbonyl (C=O) groups is 2.